The molecule has 0 bridgehead atoms. The lowest BCUT2D eigenvalue weighted by Gasteiger charge is -2.21. The van der Waals surface area contributed by atoms with E-state index < -0.39 is 10.0 Å². The van der Waals surface area contributed by atoms with Crippen molar-refractivity contribution in [1.29, 1.82) is 0 Å². The van der Waals surface area contributed by atoms with E-state index in [2.05, 4.69) is 4.99 Å². The van der Waals surface area contributed by atoms with Gasteiger partial charge in [-0.2, -0.15) is 4.31 Å². The molecule has 0 saturated heterocycles. The van der Waals surface area contributed by atoms with Gasteiger partial charge < -0.3 is 9.15 Å². The summed E-state index contributed by atoms with van der Waals surface area (Å²) < 4.78 is 39.4. The molecule has 4 rings (SSSR count). The quantitative estimate of drug-likeness (QED) is 0.290. The third kappa shape index (κ3) is 5.81. The fourth-order valence-corrected chi connectivity index (χ4v) is 4.80. The minimum absolute atomic E-state index is 0.0987. The van der Waals surface area contributed by atoms with E-state index in [1.54, 1.807) is 49.7 Å². The number of methoxy groups -OCH3 is 1. The summed E-state index contributed by atoms with van der Waals surface area (Å²) in [6.45, 7) is 2.25. The Morgan fingerprint density at radius 1 is 0.882 bits per heavy atom. The van der Waals surface area contributed by atoms with Crippen molar-refractivity contribution in [3.63, 3.8) is 0 Å². The molecule has 7 heteroatoms. The summed E-state index contributed by atoms with van der Waals surface area (Å²) in [4.78, 5) is 4.66. The summed E-state index contributed by atoms with van der Waals surface area (Å²) in [6.07, 6.45) is 1.61. The van der Waals surface area contributed by atoms with E-state index >= 15 is 0 Å². The number of benzene rings is 3. The highest BCUT2D eigenvalue weighted by atomic mass is 32.2. The molecule has 0 spiro atoms. The van der Waals surface area contributed by atoms with E-state index in [-0.39, 0.29) is 18.0 Å². The minimum atomic E-state index is -3.74. The Morgan fingerprint density at radius 2 is 1.59 bits per heavy atom. The van der Waals surface area contributed by atoms with E-state index in [1.165, 1.54) is 4.31 Å². The van der Waals surface area contributed by atoms with Crippen molar-refractivity contribution in [3.05, 3.63) is 114 Å². The molecule has 0 N–H and O–H groups in total. The maximum atomic E-state index is 13.5. The molecule has 34 heavy (non-hydrogen) atoms. The first-order valence-electron chi connectivity index (χ1n) is 10.8. The van der Waals surface area contributed by atoms with Crippen LogP contribution >= 0.6 is 0 Å². The molecule has 0 unspecified atom stereocenters. The lowest BCUT2D eigenvalue weighted by atomic mass is 10.2. The summed E-state index contributed by atoms with van der Waals surface area (Å²) in [7, 11) is -2.13. The van der Waals surface area contributed by atoms with Crippen LogP contribution in [0.25, 0.3) is 0 Å². The number of aliphatic imine (C=N–C) groups is 1. The number of furan rings is 1. The Morgan fingerprint density at radius 3 is 2.26 bits per heavy atom. The zero-order valence-corrected chi connectivity index (χ0v) is 19.9. The zero-order valence-electron chi connectivity index (χ0n) is 19.1. The number of hydrogen-bond acceptors (Lipinski definition) is 5. The smallest absolute Gasteiger partial charge is 0.243 e. The van der Waals surface area contributed by atoms with Gasteiger partial charge in [0.05, 0.1) is 30.5 Å². The highest BCUT2D eigenvalue weighted by molar-refractivity contribution is 7.89. The molecule has 174 valence electrons. The second kappa shape index (κ2) is 10.5. The summed E-state index contributed by atoms with van der Waals surface area (Å²) in [5, 5.41) is 0. The van der Waals surface area contributed by atoms with Crippen LogP contribution in [0.4, 0.5) is 5.69 Å². The van der Waals surface area contributed by atoms with Crippen molar-refractivity contribution in [2.75, 3.05) is 7.11 Å². The largest absolute Gasteiger partial charge is 0.497 e. The Bertz CT molecular complexity index is 1340. The van der Waals surface area contributed by atoms with Crippen molar-refractivity contribution in [1.82, 2.24) is 4.31 Å². The average Bonchev–Trinajstić information content (AvgIpc) is 3.31. The Hall–Kier alpha value is -3.68. The van der Waals surface area contributed by atoms with Crippen LogP contribution in [-0.2, 0) is 23.1 Å². The van der Waals surface area contributed by atoms with Gasteiger partial charge in [0.2, 0.25) is 10.0 Å². The van der Waals surface area contributed by atoms with Gasteiger partial charge in [-0.05, 0) is 61.0 Å². The third-order valence-corrected chi connectivity index (χ3v) is 7.09. The average molecular weight is 475 g/mol. The maximum absolute atomic E-state index is 13.5. The first-order valence-corrected chi connectivity index (χ1v) is 12.3. The number of rotatable bonds is 9. The Labute approximate surface area is 200 Å². The first-order chi connectivity index (χ1) is 16.4. The van der Waals surface area contributed by atoms with Crippen LogP contribution in [0, 0.1) is 6.92 Å². The molecule has 0 amide bonds. The molecule has 0 aliphatic carbocycles. The topological polar surface area (TPSA) is 72.1 Å². The van der Waals surface area contributed by atoms with E-state index in [9.17, 15) is 8.42 Å². The van der Waals surface area contributed by atoms with Crippen molar-refractivity contribution < 1.29 is 17.6 Å². The monoisotopic (exact) mass is 474 g/mol. The van der Waals surface area contributed by atoms with Gasteiger partial charge >= 0.3 is 0 Å². The van der Waals surface area contributed by atoms with E-state index in [0.717, 1.165) is 22.6 Å². The van der Waals surface area contributed by atoms with Gasteiger partial charge in [-0.1, -0.05) is 48.0 Å². The molecule has 0 aliphatic heterocycles. The predicted molar refractivity (Wildman–Crippen MR) is 133 cm³/mol. The Balaban J connectivity index is 1.56. The first kappa shape index (κ1) is 23.5. The van der Waals surface area contributed by atoms with Gasteiger partial charge in [0, 0.05) is 6.54 Å². The molecule has 4 aromatic rings. The summed E-state index contributed by atoms with van der Waals surface area (Å²) in [5.41, 5.74) is 2.65. The molecular formula is C27H26N2O4S. The van der Waals surface area contributed by atoms with Crippen LogP contribution in [0.3, 0.4) is 0 Å². The van der Waals surface area contributed by atoms with E-state index in [4.69, 9.17) is 9.15 Å². The van der Waals surface area contributed by atoms with Crippen LogP contribution in [0.2, 0.25) is 0 Å². The van der Waals surface area contributed by atoms with Gasteiger partial charge in [-0.25, -0.2) is 8.42 Å². The lowest BCUT2D eigenvalue weighted by Crippen LogP contribution is -2.30. The van der Waals surface area contributed by atoms with Gasteiger partial charge in [0.1, 0.15) is 17.3 Å². The second-order valence-electron chi connectivity index (χ2n) is 7.83. The molecule has 0 saturated carbocycles. The summed E-state index contributed by atoms with van der Waals surface area (Å²) >= 11 is 0. The van der Waals surface area contributed by atoms with Crippen LogP contribution in [-0.4, -0.2) is 26.0 Å². The fraction of sp³-hybridized carbons (Fsp3) is 0.148. The SMILES string of the molecule is COc1ccc(N=Cc2ccc(CN(Cc3ccccc3)S(=O)(=O)c3ccc(C)cc3)o2)cc1. The van der Waals surface area contributed by atoms with Crippen molar-refractivity contribution in [2.24, 2.45) is 4.99 Å². The molecular weight excluding hydrogens is 448 g/mol. The lowest BCUT2D eigenvalue weighted by molar-refractivity contribution is 0.357. The van der Waals surface area contributed by atoms with E-state index in [1.807, 2.05) is 61.5 Å². The standard InChI is InChI=1S/C27H26N2O4S/c1-21-8-16-27(17-9-21)34(30,31)29(19-22-6-4-3-5-7-22)20-26-15-14-25(33-26)18-28-23-10-12-24(32-2)13-11-23/h3-18H,19-20H2,1-2H3. The van der Waals surface area contributed by atoms with E-state index in [0.29, 0.717) is 11.5 Å². The maximum Gasteiger partial charge on any atom is 0.243 e. The van der Waals surface area contributed by atoms with Crippen LogP contribution < -0.4 is 4.74 Å². The van der Waals surface area contributed by atoms with Crippen LogP contribution in [0.1, 0.15) is 22.6 Å². The van der Waals surface area contributed by atoms with Crippen molar-refractivity contribution in [3.8, 4) is 5.75 Å². The number of ether oxygens (including phenoxy) is 1. The van der Waals surface area contributed by atoms with Crippen molar-refractivity contribution >= 4 is 21.9 Å². The second-order valence-corrected chi connectivity index (χ2v) is 9.77. The minimum Gasteiger partial charge on any atom is -0.497 e. The molecule has 6 nitrogen and oxygen atoms in total. The predicted octanol–water partition coefficient (Wildman–Crippen LogP) is 5.74. The van der Waals surface area contributed by atoms with Crippen molar-refractivity contribution in [2.45, 2.75) is 24.9 Å². The third-order valence-electron chi connectivity index (χ3n) is 5.29. The number of aryl methyl sites for hydroxylation is 1. The Kier molecular flexibility index (Phi) is 7.25. The highest BCUT2D eigenvalue weighted by Crippen LogP contribution is 2.23. The molecule has 0 fully saturated rings. The summed E-state index contributed by atoms with van der Waals surface area (Å²) in [5.74, 6) is 1.83. The number of hydrogen-bond donors (Lipinski definition) is 0. The zero-order chi connectivity index (χ0) is 24.0. The molecule has 0 aliphatic rings. The van der Waals surface area contributed by atoms with Gasteiger partial charge in [0.15, 0.2) is 0 Å². The van der Waals surface area contributed by atoms with Crippen LogP contribution in [0.15, 0.2) is 105 Å². The highest BCUT2D eigenvalue weighted by Gasteiger charge is 2.26. The van der Waals surface area contributed by atoms with Crippen LogP contribution in [0.5, 0.6) is 5.75 Å². The molecule has 0 atom stereocenters. The van der Waals surface area contributed by atoms with Gasteiger partial charge in [-0.15, -0.1) is 0 Å². The molecule has 3 aromatic carbocycles. The molecule has 1 aromatic heterocycles. The summed E-state index contributed by atoms with van der Waals surface area (Å²) in [6, 6.07) is 27.3. The normalized spacial score (nSPS) is 11.9. The van der Waals surface area contributed by atoms with Gasteiger partial charge in [-0.3, -0.25) is 4.99 Å². The van der Waals surface area contributed by atoms with Gasteiger partial charge in [0.25, 0.3) is 0 Å². The number of sulfonamides is 1. The molecule has 1 heterocycles. The fourth-order valence-electron chi connectivity index (χ4n) is 3.40. The molecule has 0 radical (unpaired) electrons. The number of nitrogens with zero attached hydrogens (tertiary/aromatic N) is 2.